The average Bonchev–Trinajstić information content (AvgIpc) is 3.36. The summed E-state index contributed by atoms with van der Waals surface area (Å²) in [4.78, 5) is 23.5. The highest BCUT2D eigenvalue weighted by Gasteiger charge is 2.43. The van der Waals surface area contributed by atoms with Gasteiger partial charge in [0.25, 0.3) is 0 Å². The number of carbonyl (C=O) groups excluding carboxylic acids is 1. The van der Waals surface area contributed by atoms with Crippen LogP contribution in [-0.4, -0.2) is 148 Å². The van der Waals surface area contributed by atoms with Gasteiger partial charge in [0.05, 0.1) is 83.6 Å². The molecule has 0 radical (unpaired) electrons. The molecule has 2 saturated heterocycles. The largest absolute Gasteiger partial charge is 0.394 e. The molecule has 2 aliphatic heterocycles. The Bertz CT molecular complexity index is 1380. The Morgan fingerprint density at radius 2 is 1.64 bits per heavy atom. The van der Waals surface area contributed by atoms with E-state index in [-0.39, 0.29) is 41.7 Å². The van der Waals surface area contributed by atoms with Gasteiger partial charge in [-0.2, -0.15) is 9.97 Å². The quantitative estimate of drug-likeness (QED) is 0.0386. The fourth-order valence-electron chi connectivity index (χ4n) is 5.19. The van der Waals surface area contributed by atoms with Crippen molar-refractivity contribution in [2.45, 2.75) is 30.6 Å². The van der Waals surface area contributed by atoms with Crippen molar-refractivity contribution in [2.24, 2.45) is 5.92 Å². The van der Waals surface area contributed by atoms with Gasteiger partial charge in [-0.25, -0.2) is 0 Å². The fourth-order valence-corrected chi connectivity index (χ4v) is 5.36. The van der Waals surface area contributed by atoms with Gasteiger partial charge >= 0.3 is 0 Å². The summed E-state index contributed by atoms with van der Waals surface area (Å²) in [6.45, 7) is 3.94. The Morgan fingerprint density at radius 3 is 2.22 bits per heavy atom. The minimum atomic E-state index is -1.36. The summed E-state index contributed by atoms with van der Waals surface area (Å²) in [6.07, 6.45) is 1.36. The predicted molar refractivity (Wildman–Crippen MR) is 182 cm³/mol. The molecule has 5 atom stereocenters. The van der Waals surface area contributed by atoms with Crippen molar-refractivity contribution in [1.82, 2.24) is 15.3 Å². The van der Waals surface area contributed by atoms with E-state index in [1.165, 1.54) is 0 Å². The lowest BCUT2D eigenvalue weighted by molar-refractivity contribution is -0.127. The van der Waals surface area contributed by atoms with Crippen LogP contribution in [0.2, 0.25) is 5.28 Å². The normalized spacial score (nSPS) is 21.0. The van der Waals surface area contributed by atoms with Crippen LogP contribution in [0.1, 0.15) is 17.2 Å². The number of nitrogens with zero attached hydrogens (tertiary/aromatic N) is 3. The molecular weight excluding hydrogens is 676 g/mol. The lowest BCUT2D eigenvalue weighted by atomic mass is 9.97. The summed E-state index contributed by atoms with van der Waals surface area (Å²) >= 11 is 6.20. The van der Waals surface area contributed by atoms with Crippen molar-refractivity contribution in [1.29, 1.82) is 5.41 Å². The maximum Gasteiger partial charge on any atom is 0.227 e. The van der Waals surface area contributed by atoms with Gasteiger partial charge in [-0.05, 0) is 17.2 Å². The average molecular weight is 721 g/mol. The van der Waals surface area contributed by atoms with Crippen molar-refractivity contribution >= 4 is 35.4 Å². The summed E-state index contributed by atoms with van der Waals surface area (Å²) in [7, 11) is 0. The highest BCUT2D eigenvalue weighted by atomic mass is 35.5. The molecule has 4 rings (SSSR count). The minimum absolute atomic E-state index is 0.0969. The molecule has 1 aromatic carbocycles. The number of nitrogens with one attached hydrogen (secondary N) is 3. The number of carbonyl (C=O) groups is 1. The summed E-state index contributed by atoms with van der Waals surface area (Å²) in [5.41, 5.74) is 1.15. The van der Waals surface area contributed by atoms with Gasteiger partial charge in [-0.15, -0.1) is 6.42 Å². The van der Waals surface area contributed by atoms with Gasteiger partial charge in [-0.3, -0.25) is 4.79 Å². The van der Waals surface area contributed by atoms with Crippen LogP contribution >= 0.6 is 11.6 Å². The number of hydrogen-bond donors (Lipinski definition) is 6. The van der Waals surface area contributed by atoms with Gasteiger partial charge in [0.15, 0.2) is 6.23 Å². The van der Waals surface area contributed by atoms with Crippen LogP contribution in [0.5, 0.6) is 0 Å². The first-order valence-electron chi connectivity index (χ1n) is 16.3. The lowest BCUT2D eigenvalue weighted by Crippen LogP contribution is -2.55. The van der Waals surface area contributed by atoms with E-state index in [9.17, 15) is 20.1 Å². The molecule has 50 heavy (non-hydrogen) atoms. The third-order valence-electron chi connectivity index (χ3n) is 7.89. The van der Waals surface area contributed by atoms with Crippen LogP contribution in [0, 0.1) is 23.7 Å². The molecule has 0 aliphatic carbocycles. The molecule has 0 unspecified atom stereocenters. The molecular formula is C33H45ClN6O10. The molecule has 16 nitrogen and oxygen atoms in total. The lowest BCUT2D eigenvalue weighted by Gasteiger charge is -2.40. The molecule has 0 spiro atoms. The molecule has 1 amide bonds. The molecule has 0 bridgehead atoms. The van der Waals surface area contributed by atoms with Gasteiger partial charge in [0.2, 0.25) is 11.2 Å². The number of rotatable bonds is 23. The van der Waals surface area contributed by atoms with E-state index < -0.39 is 37.2 Å². The molecule has 2 aromatic rings. The first-order chi connectivity index (χ1) is 24.4. The van der Waals surface area contributed by atoms with Gasteiger partial charge in [-0.1, -0.05) is 36.3 Å². The van der Waals surface area contributed by atoms with Crippen molar-refractivity contribution in [3.8, 4) is 12.3 Å². The molecule has 3 heterocycles. The Hall–Kier alpha value is -3.47. The number of anilines is 2. The third kappa shape index (κ3) is 11.5. The van der Waals surface area contributed by atoms with E-state index in [0.717, 1.165) is 11.8 Å². The second-order valence-corrected chi connectivity index (χ2v) is 11.7. The first kappa shape index (κ1) is 39.3. The van der Waals surface area contributed by atoms with Crippen molar-refractivity contribution < 1.29 is 48.5 Å². The maximum atomic E-state index is 13.3. The number of aliphatic hydroxyl groups excluding tert-OH is 3. The Balaban J connectivity index is 1.20. The number of aromatic nitrogens is 2. The van der Waals surface area contributed by atoms with Crippen LogP contribution in [0.3, 0.4) is 0 Å². The second-order valence-electron chi connectivity index (χ2n) is 11.4. The topological polar surface area (TPSA) is 210 Å². The van der Waals surface area contributed by atoms with Crippen LogP contribution < -0.4 is 15.5 Å². The fraction of sp³-hybridized carbons (Fsp3) is 0.576. The van der Waals surface area contributed by atoms with Crippen LogP contribution in [0.4, 0.5) is 11.6 Å². The van der Waals surface area contributed by atoms with Gasteiger partial charge < -0.3 is 64.7 Å². The molecule has 2 fully saturated rings. The number of aliphatic hydroxyl groups is 3. The molecule has 6 N–H and O–H groups in total. The number of halogens is 1. The number of ether oxygens (including phenoxy) is 6. The summed E-state index contributed by atoms with van der Waals surface area (Å²) in [5, 5.41) is 43.6. The Labute approximate surface area is 295 Å². The predicted octanol–water partition coefficient (Wildman–Crippen LogP) is -0.0115. The van der Waals surface area contributed by atoms with Crippen LogP contribution in [-0.2, 0) is 33.2 Å². The van der Waals surface area contributed by atoms with E-state index in [4.69, 9.17) is 51.9 Å². The highest BCUT2D eigenvalue weighted by Crippen LogP contribution is 2.32. The van der Waals surface area contributed by atoms with E-state index >= 15 is 0 Å². The molecule has 274 valence electrons. The van der Waals surface area contributed by atoms with E-state index in [1.807, 2.05) is 30.3 Å². The number of terminal acetylenes is 1. The zero-order valence-electron chi connectivity index (χ0n) is 27.6. The van der Waals surface area contributed by atoms with E-state index in [1.54, 1.807) is 4.90 Å². The number of amides is 1. The molecule has 1 aromatic heterocycles. The minimum Gasteiger partial charge on any atom is -0.394 e. The van der Waals surface area contributed by atoms with Crippen molar-refractivity contribution in [2.75, 3.05) is 96.0 Å². The third-order valence-corrected chi connectivity index (χ3v) is 8.06. The van der Waals surface area contributed by atoms with Crippen LogP contribution in [0.25, 0.3) is 0 Å². The summed E-state index contributed by atoms with van der Waals surface area (Å²) < 4.78 is 32.9. The smallest absolute Gasteiger partial charge is 0.227 e. The Kier molecular flexibility index (Phi) is 16.5. The molecule has 17 heteroatoms. The zero-order valence-corrected chi connectivity index (χ0v) is 28.4. The van der Waals surface area contributed by atoms with Crippen molar-refractivity contribution in [3.05, 3.63) is 46.7 Å². The Morgan fingerprint density at radius 1 is 1.02 bits per heavy atom. The first-order valence-corrected chi connectivity index (χ1v) is 16.6. The van der Waals surface area contributed by atoms with E-state index in [0.29, 0.717) is 71.8 Å². The summed E-state index contributed by atoms with van der Waals surface area (Å²) in [6, 6.07) is 9.13. The van der Waals surface area contributed by atoms with E-state index in [2.05, 4.69) is 26.5 Å². The standard InChI is InChI=1S/C33H45ClN6O10/c1-2-8-45-9-10-46-11-12-47-13-14-48-15-16-49-21-25(22-6-4-3-5-7-22)36-31(44)23-18-40(19-23)30-24(17-35)29(38-33(34)39-30)37-32-28(43)27(42)26(20-41)50-32/h1,3-7,17,23,25-28,32,35,41-43H,8-16,18-21H2,(H,36,44)(H,37,38,39)/t25-,26+,27+,28+,32+/m0/s1. The highest BCUT2D eigenvalue weighted by molar-refractivity contribution is 6.28. The molecule has 0 saturated carbocycles. The zero-order chi connectivity index (χ0) is 35.7. The number of benzene rings is 1. The number of hydrogen-bond acceptors (Lipinski definition) is 15. The van der Waals surface area contributed by atoms with Crippen LogP contribution in [0.15, 0.2) is 30.3 Å². The SMILES string of the molecule is C#CCOCCOCCOCCOCCOC[C@H](NC(=O)C1CN(c2nc(Cl)nc(N[C@@H]3O[C@H](CO)[C@@H](O)[C@H]3O)c2C=N)C1)c1ccccc1. The second kappa shape index (κ2) is 21.0. The van der Waals surface area contributed by atoms with Gasteiger partial charge in [0.1, 0.15) is 36.6 Å². The van der Waals surface area contributed by atoms with Crippen molar-refractivity contribution in [3.63, 3.8) is 0 Å². The monoisotopic (exact) mass is 720 g/mol. The maximum absolute atomic E-state index is 13.3. The summed E-state index contributed by atoms with van der Waals surface area (Å²) in [5.74, 6) is 2.26. The van der Waals surface area contributed by atoms with Gasteiger partial charge in [0, 0.05) is 19.3 Å². The molecule has 2 aliphatic rings.